The highest BCUT2D eigenvalue weighted by Crippen LogP contribution is 2.46. The van der Waals surface area contributed by atoms with E-state index >= 15 is 0 Å². The molecule has 1 heterocycles. The van der Waals surface area contributed by atoms with Crippen molar-refractivity contribution in [2.75, 3.05) is 5.73 Å². The lowest BCUT2D eigenvalue weighted by Crippen LogP contribution is -2.10. The number of hydrogen-bond acceptors (Lipinski definition) is 2. The van der Waals surface area contributed by atoms with Crippen molar-refractivity contribution < 1.29 is 13.2 Å². The van der Waals surface area contributed by atoms with Gasteiger partial charge >= 0.3 is 6.18 Å². The van der Waals surface area contributed by atoms with Crippen LogP contribution in [0.1, 0.15) is 29.7 Å². The molecule has 1 aliphatic rings. The summed E-state index contributed by atoms with van der Waals surface area (Å²) in [6.45, 7) is 1.97. The van der Waals surface area contributed by atoms with E-state index in [4.69, 9.17) is 17.3 Å². The molecule has 1 aromatic carbocycles. The first kappa shape index (κ1) is 13.6. The lowest BCUT2D eigenvalue weighted by atomic mass is 10.0. The Kier molecular flexibility index (Phi) is 3.56. The third kappa shape index (κ3) is 2.62. The minimum absolute atomic E-state index is 0.104. The summed E-state index contributed by atoms with van der Waals surface area (Å²) in [5.74, 6) is 0. The van der Waals surface area contributed by atoms with Crippen molar-refractivity contribution in [1.29, 1.82) is 0 Å². The zero-order valence-corrected chi connectivity index (χ0v) is 11.1. The predicted molar refractivity (Wildman–Crippen MR) is 69.6 cm³/mol. The van der Waals surface area contributed by atoms with E-state index in [-0.39, 0.29) is 16.0 Å². The van der Waals surface area contributed by atoms with E-state index < -0.39 is 11.7 Å². The van der Waals surface area contributed by atoms with Crippen LogP contribution in [0.3, 0.4) is 0 Å². The maximum atomic E-state index is 12.7. The van der Waals surface area contributed by atoms with Crippen LogP contribution in [0.4, 0.5) is 18.9 Å². The van der Waals surface area contributed by atoms with Crippen molar-refractivity contribution in [3.05, 3.63) is 39.3 Å². The molecule has 6 heteroatoms. The summed E-state index contributed by atoms with van der Waals surface area (Å²) in [7, 11) is 0. The topological polar surface area (TPSA) is 26.0 Å². The van der Waals surface area contributed by atoms with Crippen LogP contribution in [0.15, 0.2) is 23.1 Å². The normalized spacial score (nSPS) is 20.1. The second-order valence-corrected chi connectivity index (χ2v) is 5.98. The van der Waals surface area contributed by atoms with E-state index in [0.29, 0.717) is 0 Å². The van der Waals surface area contributed by atoms with Crippen molar-refractivity contribution >= 4 is 29.1 Å². The molecule has 0 saturated carbocycles. The van der Waals surface area contributed by atoms with Crippen molar-refractivity contribution in [3.8, 4) is 0 Å². The summed E-state index contributed by atoms with van der Waals surface area (Å²) in [5.41, 5.74) is 4.97. The van der Waals surface area contributed by atoms with Crippen LogP contribution < -0.4 is 5.73 Å². The van der Waals surface area contributed by atoms with E-state index in [1.807, 2.05) is 6.92 Å². The summed E-state index contributed by atoms with van der Waals surface area (Å²) in [4.78, 5) is 1.16. The van der Waals surface area contributed by atoms with Gasteiger partial charge in [0.1, 0.15) is 0 Å². The second-order valence-electron chi connectivity index (χ2n) is 4.12. The Bertz CT molecular complexity index is 488. The SMILES string of the molecule is CC1=CCC(c2cc(N)c(C(F)(F)F)c(Cl)c2)S1. The molecule has 1 atom stereocenters. The molecule has 0 aliphatic carbocycles. The molecule has 2 rings (SSSR count). The van der Waals surface area contributed by atoms with E-state index in [9.17, 15) is 13.2 Å². The molecular formula is C12H11ClF3NS. The zero-order valence-electron chi connectivity index (χ0n) is 9.51. The quantitative estimate of drug-likeness (QED) is 0.736. The number of hydrogen-bond donors (Lipinski definition) is 1. The van der Waals surface area contributed by atoms with Gasteiger partial charge in [-0.25, -0.2) is 0 Å². The van der Waals surface area contributed by atoms with Gasteiger partial charge in [0.2, 0.25) is 0 Å². The molecule has 0 radical (unpaired) electrons. The first-order valence-corrected chi connectivity index (χ1v) is 6.54. The molecule has 1 aliphatic heterocycles. The highest BCUT2D eigenvalue weighted by molar-refractivity contribution is 8.03. The highest BCUT2D eigenvalue weighted by Gasteiger charge is 2.36. The Hall–Kier alpha value is -0.810. The van der Waals surface area contributed by atoms with E-state index in [2.05, 4.69) is 6.08 Å². The molecular weight excluding hydrogens is 283 g/mol. The summed E-state index contributed by atoms with van der Waals surface area (Å²) in [5, 5.41) is -0.227. The van der Waals surface area contributed by atoms with Gasteiger partial charge in [0, 0.05) is 10.9 Å². The fourth-order valence-electron chi connectivity index (χ4n) is 1.93. The molecule has 0 fully saturated rings. The standard InChI is InChI=1S/C12H11ClF3NS/c1-6-2-3-10(18-6)7-4-8(13)11(9(17)5-7)12(14,15)16/h2,4-5,10H,3,17H2,1H3. The maximum absolute atomic E-state index is 12.7. The maximum Gasteiger partial charge on any atom is 0.419 e. The molecule has 1 nitrogen and oxygen atoms in total. The van der Waals surface area contributed by atoms with Gasteiger partial charge in [0.15, 0.2) is 0 Å². The molecule has 1 unspecified atom stereocenters. The Balaban J connectivity index is 2.38. The molecule has 0 bridgehead atoms. The minimum Gasteiger partial charge on any atom is -0.398 e. The smallest absolute Gasteiger partial charge is 0.398 e. The average Bonchev–Trinajstić information content (AvgIpc) is 2.61. The van der Waals surface area contributed by atoms with Crippen LogP contribution in [0, 0.1) is 0 Å². The molecule has 0 saturated heterocycles. The largest absolute Gasteiger partial charge is 0.419 e. The molecule has 18 heavy (non-hydrogen) atoms. The van der Waals surface area contributed by atoms with Crippen LogP contribution in [0.2, 0.25) is 5.02 Å². The highest BCUT2D eigenvalue weighted by atomic mass is 35.5. The van der Waals surface area contributed by atoms with E-state index in [1.54, 1.807) is 11.8 Å². The third-order valence-corrected chi connectivity index (χ3v) is 4.33. The third-order valence-electron chi connectivity index (χ3n) is 2.75. The number of allylic oxidation sites excluding steroid dienone is 2. The van der Waals surface area contributed by atoms with Gasteiger partial charge in [-0.05, 0) is 35.9 Å². The van der Waals surface area contributed by atoms with Crippen molar-refractivity contribution in [1.82, 2.24) is 0 Å². The Morgan fingerprint density at radius 2 is 2.06 bits per heavy atom. The van der Waals surface area contributed by atoms with E-state index in [0.717, 1.165) is 16.9 Å². The fourth-order valence-corrected chi connectivity index (χ4v) is 3.38. The number of nitrogens with two attached hydrogens (primary N) is 1. The number of nitrogen functional groups attached to an aromatic ring is 1. The number of anilines is 1. The summed E-state index contributed by atoms with van der Waals surface area (Å²) < 4.78 is 38.1. The van der Waals surface area contributed by atoms with Gasteiger partial charge in [-0.15, -0.1) is 11.8 Å². The van der Waals surface area contributed by atoms with Crippen molar-refractivity contribution in [3.63, 3.8) is 0 Å². The summed E-state index contributed by atoms with van der Waals surface area (Å²) in [6, 6.07) is 2.74. The minimum atomic E-state index is -4.52. The van der Waals surface area contributed by atoms with Gasteiger partial charge in [-0.3, -0.25) is 0 Å². The van der Waals surface area contributed by atoms with Gasteiger partial charge in [0.05, 0.1) is 10.6 Å². The fraction of sp³-hybridized carbons (Fsp3) is 0.333. The van der Waals surface area contributed by atoms with Gasteiger partial charge in [0.25, 0.3) is 0 Å². The second kappa shape index (κ2) is 4.70. The Morgan fingerprint density at radius 1 is 1.39 bits per heavy atom. The van der Waals surface area contributed by atoms with Crippen LogP contribution in [0.5, 0.6) is 0 Å². The Morgan fingerprint density at radius 3 is 2.50 bits per heavy atom. The van der Waals surface area contributed by atoms with Crippen molar-refractivity contribution in [2.24, 2.45) is 0 Å². The Labute approximate surface area is 112 Å². The van der Waals surface area contributed by atoms with Crippen LogP contribution in [-0.2, 0) is 6.18 Å². The average molecular weight is 294 g/mol. The van der Waals surface area contributed by atoms with Crippen LogP contribution in [0.25, 0.3) is 0 Å². The predicted octanol–water partition coefficient (Wildman–Crippen LogP) is 5.02. The molecule has 0 aromatic heterocycles. The first-order chi connectivity index (χ1) is 8.29. The molecule has 0 amide bonds. The van der Waals surface area contributed by atoms with E-state index in [1.165, 1.54) is 12.1 Å². The monoisotopic (exact) mass is 293 g/mol. The summed E-state index contributed by atoms with van der Waals surface area (Å²) in [6.07, 6.45) is -1.68. The number of alkyl halides is 3. The van der Waals surface area contributed by atoms with Crippen molar-refractivity contribution in [2.45, 2.75) is 24.8 Å². The number of benzene rings is 1. The lowest BCUT2D eigenvalue weighted by molar-refractivity contribution is -0.136. The summed E-state index contributed by atoms with van der Waals surface area (Å²) >= 11 is 7.32. The van der Waals surface area contributed by atoms with Crippen LogP contribution in [-0.4, -0.2) is 0 Å². The van der Waals surface area contributed by atoms with Gasteiger partial charge in [-0.2, -0.15) is 13.2 Å². The number of thioether (sulfide) groups is 1. The lowest BCUT2D eigenvalue weighted by Gasteiger charge is -2.16. The number of rotatable bonds is 1. The number of halogens is 4. The van der Waals surface area contributed by atoms with Gasteiger partial charge in [-0.1, -0.05) is 17.7 Å². The zero-order chi connectivity index (χ0) is 13.5. The molecule has 2 N–H and O–H groups in total. The van der Waals surface area contributed by atoms with Gasteiger partial charge < -0.3 is 5.73 Å². The first-order valence-electron chi connectivity index (χ1n) is 5.28. The molecule has 98 valence electrons. The molecule has 0 spiro atoms. The molecule has 1 aromatic rings. The van der Waals surface area contributed by atoms with Crippen LogP contribution >= 0.6 is 23.4 Å².